The standard InChI is InChI=1S/C27H47N5O/c28-22-12-10-18(11-13-22)27(33)31-25-15-19-8-9-20(26(29)30)14-24(19)32(25)16-21-6-3-5-17-4-1-2-7-23(17)21/h17-25H,1-16,28H2,(H3,29,30)(H,31,33). The smallest absolute Gasteiger partial charge is 0.224 e. The lowest BCUT2D eigenvalue weighted by Gasteiger charge is -2.45. The van der Waals surface area contributed by atoms with E-state index >= 15 is 0 Å². The van der Waals surface area contributed by atoms with E-state index in [2.05, 4.69) is 10.2 Å². The van der Waals surface area contributed by atoms with Gasteiger partial charge in [-0.1, -0.05) is 32.1 Å². The fourth-order valence-electron chi connectivity index (χ4n) is 8.46. The molecule has 1 aliphatic heterocycles. The molecule has 0 aromatic carbocycles. The van der Waals surface area contributed by atoms with Crippen LogP contribution in [0, 0.1) is 40.9 Å². The predicted octanol–water partition coefficient (Wildman–Crippen LogP) is 3.98. The Morgan fingerprint density at radius 1 is 0.848 bits per heavy atom. The van der Waals surface area contributed by atoms with Gasteiger partial charge < -0.3 is 16.8 Å². The third kappa shape index (κ3) is 5.12. The zero-order chi connectivity index (χ0) is 22.9. The lowest BCUT2D eigenvalue weighted by molar-refractivity contribution is -0.128. The van der Waals surface area contributed by atoms with Crippen molar-refractivity contribution in [3.63, 3.8) is 0 Å². The van der Waals surface area contributed by atoms with Gasteiger partial charge in [-0.05, 0) is 87.9 Å². The number of fused-ring (bicyclic) bond motifs is 2. The highest BCUT2D eigenvalue weighted by atomic mass is 16.2. The van der Waals surface area contributed by atoms with Gasteiger partial charge in [0.25, 0.3) is 0 Å². The summed E-state index contributed by atoms with van der Waals surface area (Å²) in [5.74, 6) is 4.21. The van der Waals surface area contributed by atoms with Gasteiger partial charge in [0.05, 0.1) is 12.0 Å². The van der Waals surface area contributed by atoms with E-state index in [1.807, 2.05) is 0 Å². The molecule has 6 heteroatoms. The van der Waals surface area contributed by atoms with Gasteiger partial charge in [0.1, 0.15) is 0 Å². The van der Waals surface area contributed by atoms with Crippen LogP contribution in [0.2, 0.25) is 0 Å². The highest BCUT2D eigenvalue weighted by Gasteiger charge is 2.47. The van der Waals surface area contributed by atoms with E-state index in [4.69, 9.17) is 16.9 Å². The Hall–Kier alpha value is -1.14. The molecule has 0 aromatic heterocycles. The van der Waals surface area contributed by atoms with Gasteiger partial charge in [0.2, 0.25) is 5.91 Å². The number of rotatable bonds is 5. The van der Waals surface area contributed by atoms with Crippen LogP contribution in [0.25, 0.3) is 0 Å². The van der Waals surface area contributed by atoms with Crippen LogP contribution in [0.5, 0.6) is 0 Å². The maximum Gasteiger partial charge on any atom is 0.224 e. The molecule has 1 heterocycles. The molecule has 186 valence electrons. The third-order valence-corrected chi connectivity index (χ3v) is 10.4. The lowest BCUT2D eigenvalue weighted by atomic mass is 9.65. The molecule has 5 rings (SSSR count). The molecule has 6 nitrogen and oxygen atoms in total. The van der Waals surface area contributed by atoms with E-state index in [0.29, 0.717) is 17.8 Å². The second-order valence-corrected chi connectivity index (χ2v) is 12.3. The van der Waals surface area contributed by atoms with E-state index in [9.17, 15) is 4.79 Å². The van der Waals surface area contributed by atoms with Crippen LogP contribution in [-0.2, 0) is 4.79 Å². The molecule has 5 aliphatic rings. The SMILES string of the molecule is N=C(N)C1CCC2CC(NC(=O)C3CCC(N)CC3)N(CC3CCCC4CCCCC43)C2C1. The summed E-state index contributed by atoms with van der Waals surface area (Å²) >= 11 is 0. The Kier molecular flexibility index (Phi) is 7.31. The summed E-state index contributed by atoms with van der Waals surface area (Å²) in [6, 6.07) is 0.750. The third-order valence-electron chi connectivity index (χ3n) is 10.4. The van der Waals surface area contributed by atoms with Crippen molar-refractivity contribution in [2.75, 3.05) is 6.54 Å². The minimum absolute atomic E-state index is 0.136. The van der Waals surface area contributed by atoms with Gasteiger partial charge in [0.15, 0.2) is 0 Å². The van der Waals surface area contributed by atoms with Gasteiger partial charge in [-0.25, -0.2) is 0 Å². The van der Waals surface area contributed by atoms with Crippen molar-refractivity contribution in [2.24, 2.45) is 47.0 Å². The average Bonchev–Trinajstić information content (AvgIpc) is 3.15. The van der Waals surface area contributed by atoms with Crippen LogP contribution < -0.4 is 16.8 Å². The first kappa shape index (κ1) is 23.6. The molecule has 33 heavy (non-hydrogen) atoms. The number of hydrogen-bond donors (Lipinski definition) is 4. The maximum absolute atomic E-state index is 13.3. The molecule has 1 saturated heterocycles. The molecule has 0 aromatic rings. The summed E-state index contributed by atoms with van der Waals surface area (Å²) in [6.45, 7) is 1.13. The molecular weight excluding hydrogens is 410 g/mol. The number of hydrogen-bond acceptors (Lipinski definition) is 4. The minimum atomic E-state index is 0.136. The first-order valence-electron chi connectivity index (χ1n) is 14.1. The van der Waals surface area contributed by atoms with Crippen molar-refractivity contribution < 1.29 is 4.79 Å². The van der Waals surface area contributed by atoms with Crippen molar-refractivity contribution in [3.8, 4) is 0 Å². The summed E-state index contributed by atoms with van der Waals surface area (Å²) in [5.41, 5.74) is 12.1. The first-order chi connectivity index (χ1) is 16.0. The van der Waals surface area contributed by atoms with E-state index < -0.39 is 0 Å². The Morgan fingerprint density at radius 2 is 1.58 bits per heavy atom. The predicted molar refractivity (Wildman–Crippen MR) is 133 cm³/mol. The van der Waals surface area contributed by atoms with Gasteiger partial charge in [0, 0.05) is 30.5 Å². The maximum atomic E-state index is 13.3. The quantitative estimate of drug-likeness (QED) is 0.370. The molecule has 4 saturated carbocycles. The largest absolute Gasteiger partial charge is 0.387 e. The van der Waals surface area contributed by atoms with E-state index in [1.165, 1.54) is 44.9 Å². The van der Waals surface area contributed by atoms with Crippen LogP contribution in [0.4, 0.5) is 0 Å². The second kappa shape index (κ2) is 10.2. The summed E-state index contributed by atoms with van der Waals surface area (Å²) < 4.78 is 0. The number of carbonyl (C=O) groups is 1. The van der Waals surface area contributed by atoms with E-state index in [1.54, 1.807) is 0 Å². The second-order valence-electron chi connectivity index (χ2n) is 12.3. The Morgan fingerprint density at radius 3 is 2.36 bits per heavy atom. The van der Waals surface area contributed by atoms with E-state index in [0.717, 1.165) is 75.7 Å². The average molecular weight is 458 g/mol. The van der Waals surface area contributed by atoms with Crippen LogP contribution >= 0.6 is 0 Å². The molecule has 5 fully saturated rings. The molecule has 7 atom stereocenters. The molecular formula is C27H47N5O. The number of amides is 1. The van der Waals surface area contributed by atoms with Gasteiger partial charge in [-0.15, -0.1) is 0 Å². The zero-order valence-corrected chi connectivity index (χ0v) is 20.5. The number of nitrogens with two attached hydrogens (primary N) is 2. The van der Waals surface area contributed by atoms with E-state index in [-0.39, 0.29) is 30.0 Å². The van der Waals surface area contributed by atoms with Crippen molar-refractivity contribution in [2.45, 2.75) is 115 Å². The Labute approximate surface area is 200 Å². The number of carbonyl (C=O) groups excluding carboxylic acids is 1. The van der Waals surface area contributed by atoms with Crippen LogP contribution in [0.3, 0.4) is 0 Å². The topological polar surface area (TPSA) is 108 Å². The molecule has 1 amide bonds. The number of nitrogens with zero attached hydrogens (tertiary/aromatic N) is 1. The zero-order valence-electron chi connectivity index (χ0n) is 20.5. The molecule has 0 spiro atoms. The van der Waals surface area contributed by atoms with Gasteiger partial charge in [-0.2, -0.15) is 0 Å². The summed E-state index contributed by atoms with van der Waals surface area (Å²) in [6.07, 6.45) is 18.1. The van der Waals surface area contributed by atoms with Crippen LogP contribution in [0.15, 0.2) is 0 Å². The van der Waals surface area contributed by atoms with Crippen molar-refractivity contribution in [3.05, 3.63) is 0 Å². The minimum Gasteiger partial charge on any atom is -0.387 e. The monoisotopic (exact) mass is 457 g/mol. The first-order valence-corrected chi connectivity index (χ1v) is 14.1. The number of nitrogens with one attached hydrogen (secondary N) is 2. The summed E-state index contributed by atoms with van der Waals surface area (Å²) in [5, 5.41) is 11.6. The fourth-order valence-corrected chi connectivity index (χ4v) is 8.46. The van der Waals surface area contributed by atoms with Crippen LogP contribution in [-0.4, -0.2) is 41.4 Å². The summed E-state index contributed by atoms with van der Waals surface area (Å²) in [7, 11) is 0. The normalized spacial score (nSPS) is 44.0. The molecule has 7 unspecified atom stereocenters. The highest BCUT2D eigenvalue weighted by Crippen LogP contribution is 2.47. The van der Waals surface area contributed by atoms with Gasteiger partial charge >= 0.3 is 0 Å². The number of amidine groups is 1. The van der Waals surface area contributed by atoms with Crippen LogP contribution in [0.1, 0.15) is 96.3 Å². The molecule has 0 radical (unpaired) electrons. The molecule has 0 bridgehead atoms. The molecule has 6 N–H and O–H groups in total. The van der Waals surface area contributed by atoms with Gasteiger partial charge in [-0.3, -0.25) is 15.1 Å². The molecule has 4 aliphatic carbocycles. The fraction of sp³-hybridized carbons (Fsp3) is 0.926. The summed E-state index contributed by atoms with van der Waals surface area (Å²) in [4.78, 5) is 16.0. The van der Waals surface area contributed by atoms with Crippen molar-refractivity contribution >= 4 is 11.7 Å². The highest BCUT2D eigenvalue weighted by molar-refractivity contribution is 5.80. The van der Waals surface area contributed by atoms with Crippen molar-refractivity contribution in [1.82, 2.24) is 10.2 Å². The Bertz CT molecular complexity index is 703. The lowest BCUT2D eigenvalue weighted by Crippen LogP contribution is -2.53. The van der Waals surface area contributed by atoms with Crippen molar-refractivity contribution in [1.29, 1.82) is 5.41 Å². The number of likely N-dealkylation sites (tertiary alicyclic amines) is 1. The Balaban J connectivity index is 1.30.